The summed E-state index contributed by atoms with van der Waals surface area (Å²) in [7, 11) is 3.19. The summed E-state index contributed by atoms with van der Waals surface area (Å²) in [6.07, 6.45) is 0. The predicted molar refractivity (Wildman–Crippen MR) is 87.9 cm³/mol. The molecule has 0 atom stereocenters. The van der Waals surface area contributed by atoms with Crippen LogP contribution in [0.5, 0.6) is 5.75 Å². The summed E-state index contributed by atoms with van der Waals surface area (Å²) in [6.45, 7) is 0. The molecule has 6 nitrogen and oxygen atoms in total. The fourth-order valence-electron chi connectivity index (χ4n) is 2.29. The average molecular weight is 309 g/mol. The van der Waals surface area contributed by atoms with Crippen molar-refractivity contribution < 1.29 is 9.53 Å². The highest BCUT2D eigenvalue weighted by atomic mass is 16.5. The third kappa shape index (κ3) is 2.78. The van der Waals surface area contributed by atoms with Gasteiger partial charge in [0.15, 0.2) is 5.69 Å². The first kappa shape index (κ1) is 14.8. The van der Waals surface area contributed by atoms with Crippen LogP contribution in [0, 0.1) is 0 Å². The number of hydrogen-bond acceptors (Lipinski definition) is 4. The van der Waals surface area contributed by atoms with Crippen LogP contribution < -0.4 is 15.6 Å². The van der Waals surface area contributed by atoms with Crippen molar-refractivity contribution >= 4 is 22.6 Å². The molecule has 0 radical (unpaired) electrons. The van der Waals surface area contributed by atoms with Crippen molar-refractivity contribution in [3.63, 3.8) is 0 Å². The van der Waals surface area contributed by atoms with Crippen LogP contribution in [0.15, 0.2) is 53.3 Å². The minimum absolute atomic E-state index is 0.137. The molecule has 3 rings (SSSR count). The Bertz CT molecular complexity index is 930. The Morgan fingerprint density at radius 2 is 1.83 bits per heavy atom. The molecule has 0 spiro atoms. The molecule has 0 aliphatic carbocycles. The van der Waals surface area contributed by atoms with E-state index in [9.17, 15) is 9.59 Å². The molecule has 0 aliphatic rings. The maximum absolute atomic E-state index is 12.4. The summed E-state index contributed by atoms with van der Waals surface area (Å²) in [4.78, 5) is 28.9. The van der Waals surface area contributed by atoms with Crippen LogP contribution in [0.25, 0.3) is 11.0 Å². The largest absolute Gasteiger partial charge is 0.497 e. The zero-order chi connectivity index (χ0) is 16.4. The molecule has 3 aromatic rings. The average Bonchev–Trinajstić information content (AvgIpc) is 2.58. The van der Waals surface area contributed by atoms with Gasteiger partial charge in [0.05, 0.1) is 18.1 Å². The van der Waals surface area contributed by atoms with Gasteiger partial charge in [0, 0.05) is 12.7 Å². The minimum atomic E-state index is -0.540. The molecule has 1 heterocycles. The molecule has 0 saturated carbocycles. The Morgan fingerprint density at radius 3 is 2.52 bits per heavy atom. The van der Waals surface area contributed by atoms with Gasteiger partial charge >= 0.3 is 0 Å². The molecule has 1 N–H and O–H groups in total. The molecular weight excluding hydrogens is 294 g/mol. The van der Waals surface area contributed by atoms with E-state index in [4.69, 9.17) is 4.74 Å². The van der Waals surface area contributed by atoms with E-state index in [-0.39, 0.29) is 5.69 Å². The van der Waals surface area contributed by atoms with Crippen molar-refractivity contribution in [3.8, 4) is 5.75 Å². The second kappa shape index (κ2) is 5.92. The second-order valence-corrected chi connectivity index (χ2v) is 5.00. The van der Waals surface area contributed by atoms with Crippen LogP contribution >= 0.6 is 0 Å². The smallest absolute Gasteiger partial charge is 0.282 e. The number of nitrogens with one attached hydrogen (secondary N) is 1. The number of carbonyl (C=O) groups is 1. The number of fused-ring (bicyclic) bond motifs is 1. The van der Waals surface area contributed by atoms with E-state index in [0.29, 0.717) is 22.5 Å². The molecular formula is C17H15N3O3. The maximum atomic E-state index is 12.4. The Morgan fingerprint density at radius 1 is 1.13 bits per heavy atom. The number of methoxy groups -OCH3 is 1. The van der Waals surface area contributed by atoms with Gasteiger partial charge in [0.2, 0.25) is 0 Å². The van der Waals surface area contributed by atoms with Crippen molar-refractivity contribution in [1.29, 1.82) is 0 Å². The normalized spacial score (nSPS) is 10.5. The van der Waals surface area contributed by atoms with Crippen molar-refractivity contribution in [2.45, 2.75) is 0 Å². The number of benzene rings is 2. The summed E-state index contributed by atoms with van der Waals surface area (Å²) >= 11 is 0. The van der Waals surface area contributed by atoms with Crippen LogP contribution in [0.1, 0.15) is 10.5 Å². The van der Waals surface area contributed by atoms with E-state index in [2.05, 4.69) is 10.3 Å². The third-order valence-corrected chi connectivity index (χ3v) is 3.55. The highest BCUT2D eigenvalue weighted by Crippen LogP contribution is 2.15. The lowest BCUT2D eigenvalue weighted by molar-refractivity contribution is 0.102. The lowest BCUT2D eigenvalue weighted by Crippen LogP contribution is -2.29. The lowest BCUT2D eigenvalue weighted by atomic mass is 10.2. The summed E-state index contributed by atoms with van der Waals surface area (Å²) < 4.78 is 6.49. The number of ether oxygens (including phenoxy) is 1. The first-order valence-corrected chi connectivity index (χ1v) is 7.01. The molecule has 2 aromatic carbocycles. The zero-order valence-corrected chi connectivity index (χ0v) is 12.7. The SMILES string of the molecule is COc1ccc(NC(=O)c2nc3ccccc3n(C)c2=O)cc1. The van der Waals surface area contributed by atoms with Gasteiger partial charge in [-0.3, -0.25) is 9.59 Å². The number of aromatic nitrogens is 2. The van der Waals surface area contributed by atoms with Crippen LogP contribution in [0.2, 0.25) is 0 Å². The monoisotopic (exact) mass is 309 g/mol. The van der Waals surface area contributed by atoms with Gasteiger partial charge in [-0.05, 0) is 36.4 Å². The highest BCUT2D eigenvalue weighted by Gasteiger charge is 2.16. The van der Waals surface area contributed by atoms with Gasteiger partial charge in [0.1, 0.15) is 5.75 Å². The standard InChI is InChI=1S/C17H15N3O3/c1-20-14-6-4-3-5-13(14)19-15(17(20)22)16(21)18-11-7-9-12(23-2)10-8-11/h3-10H,1-2H3,(H,18,21). The van der Waals surface area contributed by atoms with Gasteiger partial charge in [-0.2, -0.15) is 0 Å². The lowest BCUT2D eigenvalue weighted by Gasteiger charge is -2.09. The molecule has 23 heavy (non-hydrogen) atoms. The van der Waals surface area contributed by atoms with Crippen molar-refractivity contribution in [2.75, 3.05) is 12.4 Å². The summed E-state index contributed by atoms with van der Waals surface area (Å²) in [5, 5.41) is 2.67. The molecule has 1 aromatic heterocycles. The van der Waals surface area contributed by atoms with Crippen LogP contribution in [0.3, 0.4) is 0 Å². The van der Waals surface area contributed by atoms with Crippen LogP contribution in [0.4, 0.5) is 5.69 Å². The first-order valence-electron chi connectivity index (χ1n) is 7.01. The van der Waals surface area contributed by atoms with Gasteiger partial charge < -0.3 is 14.6 Å². The van der Waals surface area contributed by atoms with E-state index in [1.807, 2.05) is 12.1 Å². The van der Waals surface area contributed by atoms with E-state index in [0.717, 1.165) is 0 Å². The fourth-order valence-corrected chi connectivity index (χ4v) is 2.29. The topological polar surface area (TPSA) is 73.2 Å². The second-order valence-electron chi connectivity index (χ2n) is 5.00. The number of carbonyl (C=O) groups excluding carboxylic acids is 1. The highest BCUT2D eigenvalue weighted by molar-refractivity contribution is 6.03. The van der Waals surface area contributed by atoms with E-state index in [1.165, 1.54) is 4.57 Å². The molecule has 0 saturated heterocycles. The molecule has 116 valence electrons. The van der Waals surface area contributed by atoms with Gasteiger partial charge in [-0.25, -0.2) is 4.98 Å². The Hall–Kier alpha value is -3.15. The Balaban J connectivity index is 1.97. The number of para-hydroxylation sites is 2. The number of anilines is 1. The maximum Gasteiger partial charge on any atom is 0.282 e. The number of nitrogens with zero attached hydrogens (tertiary/aromatic N) is 2. The minimum Gasteiger partial charge on any atom is -0.497 e. The van der Waals surface area contributed by atoms with Gasteiger partial charge in [-0.1, -0.05) is 12.1 Å². The van der Waals surface area contributed by atoms with Gasteiger partial charge in [-0.15, -0.1) is 0 Å². The van der Waals surface area contributed by atoms with Crippen molar-refractivity contribution in [3.05, 3.63) is 64.6 Å². The van der Waals surface area contributed by atoms with E-state index in [1.54, 1.807) is 50.6 Å². The molecule has 0 bridgehead atoms. The van der Waals surface area contributed by atoms with Crippen molar-refractivity contribution in [2.24, 2.45) is 7.05 Å². The first-order chi connectivity index (χ1) is 11.1. The van der Waals surface area contributed by atoms with E-state index < -0.39 is 11.5 Å². The third-order valence-electron chi connectivity index (χ3n) is 3.55. The fraction of sp³-hybridized carbons (Fsp3) is 0.118. The number of rotatable bonds is 3. The van der Waals surface area contributed by atoms with Crippen molar-refractivity contribution in [1.82, 2.24) is 9.55 Å². The van der Waals surface area contributed by atoms with Crippen LogP contribution in [-0.4, -0.2) is 22.6 Å². The Kier molecular flexibility index (Phi) is 3.80. The molecule has 1 amide bonds. The van der Waals surface area contributed by atoms with E-state index >= 15 is 0 Å². The molecule has 0 aliphatic heterocycles. The molecule has 6 heteroatoms. The quantitative estimate of drug-likeness (QED) is 0.805. The molecule has 0 unspecified atom stereocenters. The van der Waals surface area contributed by atoms with Gasteiger partial charge in [0.25, 0.3) is 11.5 Å². The zero-order valence-electron chi connectivity index (χ0n) is 12.7. The number of hydrogen-bond donors (Lipinski definition) is 1. The predicted octanol–water partition coefficient (Wildman–Crippen LogP) is 2.19. The van der Waals surface area contributed by atoms with Crippen LogP contribution in [-0.2, 0) is 7.05 Å². The summed E-state index contributed by atoms with van der Waals surface area (Å²) in [5.41, 5.74) is 1.26. The number of aryl methyl sites for hydroxylation is 1. The number of amides is 1. The summed E-state index contributed by atoms with van der Waals surface area (Å²) in [6, 6.07) is 14.0. The summed E-state index contributed by atoms with van der Waals surface area (Å²) in [5.74, 6) is 0.143. The molecule has 0 fully saturated rings. The Labute approximate surface area is 132 Å².